The summed E-state index contributed by atoms with van der Waals surface area (Å²) < 4.78 is 0. The maximum Gasteiger partial charge on any atom is 0.238 e. The van der Waals surface area contributed by atoms with E-state index in [2.05, 4.69) is 11.4 Å². The molecule has 4 nitrogen and oxygen atoms in total. The molecule has 0 fully saturated rings. The lowest BCUT2D eigenvalue weighted by Gasteiger charge is -2.10. The summed E-state index contributed by atoms with van der Waals surface area (Å²) in [7, 11) is 3.69. The van der Waals surface area contributed by atoms with E-state index in [4.69, 9.17) is 5.26 Å². The lowest BCUT2D eigenvalue weighted by Crippen LogP contribution is -2.27. The zero-order chi connectivity index (χ0) is 12.0. The van der Waals surface area contributed by atoms with Gasteiger partial charge in [0.1, 0.15) is 0 Å². The predicted octanol–water partition coefficient (Wildman–Crippen LogP) is 1.25. The minimum Gasteiger partial charge on any atom is -0.325 e. The molecular formula is C12H15N3O. The van der Waals surface area contributed by atoms with Crippen LogP contribution in [0.15, 0.2) is 24.3 Å². The number of anilines is 1. The van der Waals surface area contributed by atoms with Gasteiger partial charge in [-0.15, -0.1) is 0 Å². The molecule has 0 atom stereocenters. The molecule has 0 aromatic heterocycles. The molecule has 1 N–H and O–H groups in total. The van der Waals surface area contributed by atoms with Crippen LogP contribution in [-0.4, -0.2) is 31.4 Å². The molecule has 0 aliphatic rings. The second kappa shape index (κ2) is 5.89. The van der Waals surface area contributed by atoms with Crippen molar-refractivity contribution >= 4 is 11.6 Å². The lowest BCUT2D eigenvalue weighted by atomic mass is 10.1. The molecule has 4 heteroatoms. The number of benzene rings is 1. The fraction of sp³-hybridized carbons (Fsp3) is 0.333. The molecule has 0 aliphatic carbocycles. The van der Waals surface area contributed by atoms with Crippen LogP contribution in [0, 0.1) is 11.3 Å². The second-order valence-corrected chi connectivity index (χ2v) is 3.82. The summed E-state index contributed by atoms with van der Waals surface area (Å²) in [6.07, 6.45) is 0.395. The highest BCUT2D eigenvalue weighted by Gasteiger charge is 2.03. The van der Waals surface area contributed by atoms with Gasteiger partial charge >= 0.3 is 0 Å². The van der Waals surface area contributed by atoms with E-state index in [1.807, 2.05) is 26.2 Å². The van der Waals surface area contributed by atoms with Crippen LogP contribution >= 0.6 is 0 Å². The number of hydrogen-bond acceptors (Lipinski definition) is 3. The zero-order valence-corrected chi connectivity index (χ0v) is 9.53. The smallest absolute Gasteiger partial charge is 0.238 e. The Morgan fingerprint density at radius 2 is 2.00 bits per heavy atom. The number of nitriles is 1. The monoisotopic (exact) mass is 217 g/mol. The van der Waals surface area contributed by atoms with Crippen LogP contribution in [-0.2, 0) is 11.2 Å². The Hall–Kier alpha value is -1.86. The van der Waals surface area contributed by atoms with Gasteiger partial charge in [-0.05, 0) is 31.8 Å². The number of likely N-dealkylation sites (N-methyl/N-ethyl adjacent to an activating group) is 1. The largest absolute Gasteiger partial charge is 0.325 e. The normalized spacial score (nSPS) is 9.88. The third-order valence-corrected chi connectivity index (χ3v) is 1.98. The van der Waals surface area contributed by atoms with E-state index in [0.717, 1.165) is 11.3 Å². The van der Waals surface area contributed by atoms with E-state index >= 15 is 0 Å². The number of carbonyl (C=O) groups is 1. The standard InChI is InChI=1S/C12H15N3O/c1-15(2)9-12(16)14-11-5-3-10(4-6-11)7-8-13/h3-6H,7,9H2,1-2H3,(H,14,16). The van der Waals surface area contributed by atoms with E-state index < -0.39 is 0 Å². The van der Waals surface area contributed by atoms with E-state index in [-0.39, 0.29) is 5.91 Å². The molecule has 1 aromatic rings. The average molecular weight is 217 g/mol. The van der Waals surface area contributed by atoms with Gasteiger partial charge in [0.2, 0.25) is 5.91 Å². The molecule has 0 radical (unpaired) electrons. The summed E-state index contributed by atoms with van der Waals surface area (Å²) in [5, 5.41) is 11.3. The highest BCUT2D eigenvalue weighted by atomic mass is 16.2. The first-order valence-electron chi connectivity index (χ1n) is 5.02. The van der Waals surface area contributed by atoms with Crippen molar-refractivity contribution in [2.45, 2.75) is 6.42 Å². The van der Waals surface area contributed by atoms with Gasteiger partial charge in [0.25, 0.3) is 0 Å². The van der Waals surface area contributed by atoms with Gasteiger partial charge < -0.3 is 10.2 Å². The minimum atomic E-state index is -0.0435. The van der Waals surface area contributed by atoms with Crippen molar-refractivity contribution in [1.82, 2.24) is 4.90 Å². The van der Waals surface area contributed by atoms with Crippen molar-refractivity contribution in [2.24, 2.45) is 0 Å². The molecule has 16 heavy (non-hydrogen) atoms. The van der Waals surface area contributed by atoms with Gasteiger partial charge in [-0.2, -0.15) is 5.26 Å². The number of nitrogens with one attached hydrogen (secondary N) is 1. The number of rotatable bonds is 4. The fourth-order valence-electron chi connectivity index (χ4n) is 1.28. The Kier molecular flexibility index (Phi) is 4.49. The van der Waals surface area contributed by atoms with Crippen LogP contribution in [0.25, 0.3) is 0 Å². The summed E-state index contributed by atoms with van der Waals surface area (Å²) in [5.41, 5.74) is 1.71. The molecular weight excluding hydrogens is 202 g/mol. The van der Waals surface area contributed by atoms with Gasteiger partial charge in [-0.25, -0.2) is 0 Å². The molecule has 0 heterocycles. The molecule has 0 spiro atoms. The summed E-state index contributed by atoms with van der Waals surface area (Å²) in [5.74, 6) is -0.0435. The van der Waals surface area contributed by atoms with Crippen LogP contribution < -0.4 is 5.32 Å². The number of amides is 1. The predicted molar refractivity (Wildman–Crippen MR) is 62.9 cm³/mol. The Morgan fingerprint density at radius 1 is 1.38 bits per heavy atom. The molecule has 1 amide bonds. The van der Waals surface area contributed by atoms with Crippen LogP contribution in [0.3, 0.4) is 0 Å². The Labute approximate surface area is 95.5 Å². The second-order valence-electron chi connectivity index (χ2n) is 3.82. The molecule has 0 aliphatic heterocycles. The highest BCUT2D eigenvalue weighted by molar-refractivity contribution is 5.92. The van der Waals surface area contributed by atoms with Crippen molar-refractivity contribution in [3.05, 3.63) is 29.8 Å². The molecule has 0 saturated carbocycles. The number of hydrogen-bond donors (Lipinski definition) is 1. The maximum absolute atomic E-state index is 11.4. The Bertz CT molecular complexity index is 390. The summed E-state index contributed by atoms with van der Waals surface area (Å²) in [6, 6.07) is 9.37. The van der Waals surface area contributed by atoms with Crippen LogP contribution in [0.1, 0.15) is 5.56 Å². The van der Waals surface area contributed by atoms with Gasteiger partial charge in [0.15, 0.2) is 0 Å². The van der Waals surface area contributed by atoms with E-state index in [1.165, 1.54) is 0 Å². The van der Waals surface area contributed by atoms with Gasteiger partial charge in [0.05, 0.1) is 19.0 Å². The first-order chi connectivity index (χ1) is 7.61. The Morgan fingerprint density at radius 3 is 2.50 bits per heavy atom. The summed E-state index contributed by atoms with van der Waals surface area (Å²) in [6.45, 7) is 0.361. The van der Waals surface area contributed by atoms with Crippen LogP contribution in [0.5, 0.6) is 0 Å². The Balaban J connectivity index is 2.55. The van der Waals surface area contributed by atoms with E-state index in [1.54, 1.807) is 17.0 Å². The first-order valence-corrected chi connectivity index (χ1v) is 5.02. The van der Waals surface area contributed by atoms with Crippen molar-refractivity contribution < 1.29 is 4.79 Å². The number of carbonyl (C=O) groups excluding carboxylic acids is 1. The van der Waals surface area contributed by atoms with Crippen molar-refractivity contribution in [1.29, 1.82) is 5.26 Å². The molecule has 1 aromatic carbocycles. The summed E-state index contributed by atoms with van der Waals surface area (Å²) >= 11 is 0. The molecule has 0 saturated heterocycles. The van der Waals surface area contributed by atoms with E-state index in [9.17, 15) is 4.79 Å². The van der Waals surface area contributed by atoms with Gasteiger partial charge in [0, 0.05) is 5.69 Å². The van der Waals surface area contributed by atoms with E-state index in [0.29, 0.717) is 13.0 Å². The number of nitrogens with zero attached hydrogens (tertiary/aromatic N) is 2. The average Bonchev–Trinajstić information content (AvgIpc) is 2.20. The third kappa shape index (κ3) is 4.11. The quantitative estimate of drug-likeness (QED) is 0.825. The van der Waals surface area contributed by atoms with Crippen LogP contribution in [0.4, 0.5) is 5.69 Å². The molecule has 0 unspecified atom stereocenters. The molecule has 0 bridgehead atoms. The molecule has 84 valence electrons. The van der Waals surface area contributed by atoms with Crippen molar-refractivity contribution in [3.8, 4) is 6.07 Å². The zero-order valence-electron chi connectivity index (χ0n) is 9.53. The highest BCUT2D eigenvalue weighted by Crippen LogP contribution is 2.09. The van der Waals surface area contributed by atoms with Crippen LogP contribution in [0.2, 0.25) is 0 Å². The maximum atomic E-state index is 11.4. The lowest BCUT2D eigenvalue weighted by molar-refractivity contribution is -0.116. The molecule has 1 rings (SSSR count). The van der Waals surface area contributed by atoms with Crippen molar-refractivity contribution in [2.75, 3.05) is 26.0 Å². The minimum absolute atomic E-state index is 0.0435. The summed E-state index contributed by atoms with van der Waals surface area (Å²) in [4.78, 5) is 13.2. The topological polar surface area (TPSA) is 56.1 Å². The fourth-order valence-corrected chi connectivity index (χ4v) is 1.28. The third-order valence-electron chi connectivity index (χ3n) is 1.98. The van der Waals surface area contributed by atoms with Crippen molar-refractivity contribution in [3.63, 3.8) is 0 Å². The van der Waals surface area contributed by atoms with Gasteiger partial charge in [-0.1, -0.05) is 12.1 Å². The first kappa shape index (κ1) is 12.2. The SMILES string of the molecule is CN(C)CC(=O)Nc1ccc(CC#N)cc1. The van der Waals surface area contributed by atoms with Gasteiger partial charge in [-0.3, -0.25) is 4.79 Å².